The molecule has 2 N–H and O–H groups in total. The number of carbonyl (C=O) groups excluding carboxylic acids is 1. The number of nitrogens with two attached hydrogens (primary N) is 1. The number of nitrogens with zero attached hydrogens (tertiary/aromatic N) is 1. The van der Waals surface area contributed by atoms with Crippen LogP contribution in [0.5, 0.6) is 0 Å². The van der Waals surface area contributed by atoms with E-state index in [1.54, 1.807) is 13.2 Å². The van der Waals surface area contributed by atoms with E-state index in [0.29, 0.717) is 23.8 Å². The van der Waals surface area contributed by atoms with Gasteiger partial charge in [0.15, 0.2) is 0 Å². The lowest BCUT2D eigenvalue weighted by Crippen LogP contribution is -2.50. The summed E-state index contributed by atoms with van der Waals surface area (Å²) < 4.78 is 18.9. The van der Waals surface area contributed by atoms with Crippen LogP contribution >= 0.6 is 0 Å². The molecule has 1 aliphatic rings. The van der Waals surface area contributed by atoms with Crippen LogP contribution in [0, 0.1) is 11.8 Å². The minimum atomic E-state index is -0.452. The fourth-order valence-corrected chi connectivity index (χ4v) is 4.62. The third kappa shape index (κ3) is 4.26. The van der Waals surface area contributed by atoms with Crippen LogP contribution in [0.15, 0.2) is 24.3 Å². The molecule has 0 aliphatic heterocycles. The Morgan fingerprint density at radius 3 is 2.81 bits per heavy atom. The van der Waals surface area contributed by atoms with E-state index in [1.807, 2.05) is 18.2 Å². The molecule has 1 amide bonds. The first-order chi connectivity index (χ1) is 12.5. The average molecular weight is 365 g/mol. The van der Waals surface area contributed by atoms with Crippen molar-refractivity contribution in [3.63, 3.8) is 0 Å². The van der Waals surface area contributed by atoms with E-state index in [2.05, 4.69) is 18.7 Å². The van der Waals surface area contributed by atoms with Crippen molar-refractivity contribution in [1.82, 2.24) is 4.90 Å². The lowest BCUT2D eigenvalue weighted by molar-refractivity contribution is -0.132. The summed E-state index contributed by atoms with van der Waals surface area (Å²) in [6, 6.07) is 7.56. The van der Waals surface area contributed by atoms with Crippen LogP contribution in [0.2, 0.25) is 0 Å². The molecule has 1 aliphatic carbocycles. The van der Waals surface area contributed by atoms with Crippen LogP contribution in [0.1, 0.15) is 55.5 Å². The fourth-order valence-electron chi connectivity index (χ4n) is 4.62. The van der Waals surface area contributed by atoms with Gasteiger partial charge in [-0.05, 0) is 49.4 Å². The minimum absolute atomic E-state index is 0.284. The van der Waals surface area contributed by atoms with Crippen LogP contribution in [0.25, 0.3) is 0 Å². The Bertz CT molecular complexity index is 595. The number of carbonyl (C=O) groups is 1. The summed E-state index contributed by atoms with van der Waals surface area (Å²) >= 11 is 0. The zero-order chi connectivity index (χ0) is 19.2. The molecule has 0 aromatic heterocycles. The van der Waals surface area contributed by atoms with E-state index in [4.69, 9.17) is 10.5 Å². The van der Waals surface area contributed by atoms with E-state index in [-0.39, 0.29) is 6.67 Å². The zero-order valence-corrected chi connectivity index (χ0v) is 16.3. The number of benzene rings is 1. The van der Waals surface area contributed by atoms with E-state index in [9.17, 15) is 9.18 Å². The highest BCUT2D eigenvalue weighted by Crippen LogP contribution is 2.48. The first-order valence-electron chi connectivity index (χ1n) is 9.73. The van der Waals surface area contributed by atoms with E-state index in [0.717, 1.165) is 44.5 Å². The van der Waals surface area contributed by atoms with E-state index in [1.165, 1.54) is 0 Å². The van der Waals surface area contributed by atoms with Gasteiger partial charge in [0, 0.05) is 31.7 Å². The summed E-state index contributed by atoms with van der Waals surface area (Å²) in [6.07, 6.45) is 3.87. The monoisotopic (exact) mass is 364 g/mol. The highest BCUT2D eigenvalue weighted by molar-refractivity contribution is 5.92. The van der Waals surface area contributed by atoms with Gasteiger partial charge in [0.1, 0.15) is 0 Å². The first kappa shape index (κ1) is 20.8. The molecule has 0 radical (unpaired) electrons. The molecule has 0 saturated heterocycles. The maximum absolute atomic E-state index is 12.6. The molecule has 1 saturated carbocycles. The van der Waals surface area contributed by atoms with Crippen molar-refractivity contribution in [2.75, 3.05) is 33.4 Å². The van der Waals surface area contributed by atoms with Crippen molar-refractivity contribution >= 4 is 5.91 Å². The predicted octanol–water partition coefficient (Wildman–Crippen LogP) is 3.74. The number of methoxy groups -OCH3 is 1. The molecule has 1 aromatic rings. The Labute approximate surface area is 156 Å². The Kier molecular flexibility index (Phi) is 7.59. The lowest BCUT2D eigenvalue weighted by atomic mass is 9.65. The largest absolute Gasteiger partial charge is 0.373 e. The SMILES string of the molecule is CCN(CCCF)CC1CCCC(C)C1(OC)c1cccc(C(N)=O)c1. The first-order valence-corrected chi connectivity index (χ1v) is 9.73. The summed E-state index contributed by atoms with van der Waals surface area (Å²) in [5, 5.41) is 0. The van der Waals surface area contributed by atoms with Crippen molar-refractivity contribution in [2.24, 2.45) is 17.6 Å². The zero-order valence-electron chi connectivity index (χ0n) is 16.3. The molecule has 3 atom stereocenters. The minimum Gasteiger partial charge on any atom is -0.373 e. The normalized spacial score (nSPS) is 26.2. The molecule has 0 bridgehead atoms. The van der Waals surface area contributed by atoms with Gasteiger partial charge in [-0.2, -0.15) is 0 Å². The maximum Gasteiger partial charge on any atom is 0.248 e. The highest BCUT2D eigenvalue weighted by atomic mass is 19.1. The second-order valence-electron chi connectivity index (χ2n) is 7.41. The van der Waals surface area contributed by atoms with Crippen LogP contribution in [-0.2, 0) is 10.3 Å². The molecule has 5 heteroatoms. The van der Waals surface area contributed by atoms with Crippen molar-refractivity contribution in [3.05, 3.63) is 35.4 Å². The fraction of sp³-hybridized carbons (Fsp3) is 0.667. The van der Waals surface area contributed by atoms with Crippen molar-refractivity contribution in [2.45, 2.75) is 45.1 Å². The molecule has 0 spiro atoms. The molecular formula is C21H33FN2O2. The molecular weight excluding hydrogens is 331 g/mol. The number of hydrogen-bond donors (Lipinski definition) is 1. The van der Waals surface area contributed by atoms with Gasteiger partial charge in [0.05, 0.1) is 12.3 Å². The number of alkyl halides is 1. The van der Waals surface area contributed by atoms with E-state index < -0.39 is 11.5 Å². The summed E-state index contributed by atoms with van der Waals surface area (Å²) in [5.41, 5.74) is 6.59. The molecule has 146 valence electrons. The number of primary amides is 1. The lowest BCUT2D eigenvalue weighted by Gasteiger charge is -2.49. The molecule has 1 aromatic carbocycles. The summed E-state index contributed by atoms with van der Waals surface area (Å²) in [7, 11) is 1.77. The van der Waals surface area contributed by atoms with Gasteiger partial charge in [-0.3, -0.25) is 9.18 Å². The van der Waals surface area contributed by atoms with Crippen molar-refractivity contribution in [3.8, 4) is 0 Å². The van der Waals surface area contributed by atoms with Gasteiger partial charge in [-0.25, -0.2) is 0 Å². The second kappa shape index (κ2) is 9.47. The Balaban J connectivity index is 2.38. The van der Waals surface area contributed by atoms with Crippen molar-refractivity contribution in [1.29, 1.82) is 0 Å². The predicted molar refractivity (Wildman–Crippen MR) is 103 cm³/mol. The molecule has 26 heavy (non-hydrogen) atoms. The molecule has 3 unspecified atom stereocenters. The Morgan fingerprint density at radius 2 is 2.19 bits per heavy atom. The number of rotatable bonds is 9. The van der Waals surface area contributed by atoms with Crippen LogP contribution < -0.4 is 5.73 Å². The standard InChI is InChI=1S/C21H33FN2O2/c1-4-24(13-7-12-22)15-19-11-5-8-16(2)21(19,26-3)18-10-6-9-17(14-18)20(23)25/h6,9-10,14,16,19H,4-5,7-8,11-13,15H2,1-3H3,(H2,23,25). The topological polar surface area (TPSA) is 55.6 Å². The van der Waals surface area contributed by atoms with Gasteiger partial charge in [-0.1, -0.05) is 32.4 Å². The maximum atomic E-state index is 12.6. The van der Waals surface area contributed by atoms with Gasteiger partial charge in [0.25, 0.3) is 0 Å². The summed E-state index contributed by atoms with van der Waals surface area (Å²) in [6.45, 7) is 6.59. The van der Waals surface area contributed by atoms with Gasteiger partial charge in [-0.15, -0.1) is 0 Å². The van der Waals surface area contributed by atoms with Crippen molar-refractivity contribution < 1.29 is 13.9 Å². The highest BCUT2D eigenvalue weighted by Gasteiger charge is 2.47. The Hall–Kier alpha value is -1.46. The third-order valence-electron chi connectivity index (χ3n) is 6.00. The average Bonchev–Trinajstić information content (AvgIpc) is 2.65. The van der Waals surface area contributed by atoms with Crippen LogP contribution in [0.3, 0.4) is 0 Å². The molecule has 2 rings (SSSR count). The van der Waals surface area contributed by atoms with E-state index >= 15 is 0 Å². The van der Waals surface area contributed by atoms with Gasteiger partial charge in [0.2, 0.25) is 5.91 Å². The smallest absolute Gasteiger partial charge is 0.248 e. The Morgan fingerprint density at radius 1 is 1.42 bits per heavy atom. The summed E-state index contributed by atoms with van der Waals surface area (Å²) in [5.74, 6) is 0.199. The quantitative estimate of drug-likeness (QED) is 0.726. The second-order valence-corrected chi connectivity index (χ2v) is 7.41. The number of ether oxygens (including phenoxy) is 1. The van der Waals surface area contributed by atoms with Gasteiger partial charge < -0.3 is 15.4 Å². The number of amides is 1. The van der Waals surface area contributed by atoms with Gasteiger partial charge >= 0.3 is 0 Å². The number of halogens is 1. The van der Waals surface area contributed by atoms with Crippen LogP contribution in [-0.4, -0.2) is 44.2 Å². The molecule has 0 heterocycles. The molecule has 4 nitrogen and oxygen atoms in total. The molecule has 1 fully saturated rings. The van der Waals surface area contributed by atoms with Crippen LogP contribution in [0.4, 0.5) is 4.39 Å². The summed E-state index contributed by atoms with van der Waals surface area (Å²) in [4.78, 5) is 14.0. The third-order valence-corrected chi connectivity index (χ3v) is 6.00. The number of hydrogen-bond acceptors (Lipinski definition) is 3.